The van der Waals surface area contributed by atoms with Crippen LogP contribution in [0.5, 0.6) is 11.5 Å². The second-order valence-electron chi connectivity index (χ2n) is 2.82. The number of nitrogens with one attached hydrogen (secondary N) is 1. The molecule has 0 bridgehead atoms. The Kier molecular flexibility index (Phi) is 3.97. The van der Waals surface area contributed by atoms with Gasteiger partial charge in [-0.15, -0.1) is 0 Å². The largest absolute Gasteiger partial charge is 0.497 e. The molecule has 0 fully saturated rings. The van der Waals surface area contributed by atoms with Crippen molar-refractivity contribution in [2.24, 2.45) is 0 Å². The fraction of sp³-hybridized carbons (Fsp3) is 0.273. The number of ether oxygens (including phenoxy) is 2. The van der Waals surface area contributed by atoms with Crippen LogP contribution < -0.4 is 14.8 Å². The Hall–Kier alpha value is -1.71. The molecule has 15 heavy (non-hydrogen) atoms. The molecule has 0 aliphatic rings. The van der Waals surface area contributed by atoms with Gasteiger partial charge in [-0.3, -0.25) is 4.79 Å². The highest BCUT2D eigenvalue weighted by Gasteiger charge is 2.11. The van der Waals surface area contributed by atoms with E-state index in [1.54, 1.807) is 25.3 Å². The summed E-state index contributed by atoms with van der Waals surface area (Å²) in [6.45, 7) is 3.88. The summed E-state index contributed by atoms with van der Waals surface area (Å²) in [6.07, 6.45) is 0. The molecule has 1 aromatic rings. The SMILES string of the molecule is [CH2]CNC(=O)c1ccc(OC)cc1OC. The number of hydrogen-bond donors (Lipinski definition) is 1. The Morgan fingerprint density at radius 3 is 2.67 bits per heavy atom. The first-order chi connectivity index (χ1) is 7.22. The minimum Gasteiger partial charge on any atom is -0.497 e. The lowest BCUT2D eigenvalue weighted by Gasteiger charge is -2.09. The van der Waals surface area contributed by atoms with Gasteiger partial charge in [0.1, 0.15) is 11.5 Å². The molecule has 0 atom stereocenters. The van der Waals surface area contributed by atoms with Gasteiger partial charge in [0.2, 0.25) is 0 Å². The zero-order chi connectivity index (χ0) is 11.3. The van der Waals surface area contributed by atoms with Crippen LogP contribution in [0.2, 0.25) is 0 Å². The molecule has 0 unspecified atom stereocenters. The van der Waals surface area contributed by atoms with Crippen LogP contribution >= 0.6 is 0 Å². The maximum absolute atomic E-state index is 11.6. The molecule has 0 heterocycles. The van der Waals surface area contributed by atoms with Gasteiger partial charge in [0.05, 0.1) is 19.8 Å². The van der Waals surface area contributed by atoms with E-state index in [2.05, 4.69) is 12.2 Å². The molecule has 1 aromatic carbocycles. The smallest absolute Gasteiger partial charge is 0.255 e. The number of benzene rings is 1. The van der Waals surface area contributed by atoms with Crippen LogP contribution in [0.4, 0.5) is 0 Å². The predicted octanol–water partition coefficient (Wildman–Crippen LogP) is 1.27. The molecule has 4 nitrogen and oxygen atoms in total. The third kappa shape index (κ3) is 2.62. The molecule has 0 spiro atoms. The van der Waals surface area contributed by atoms with E-state index in [0.29, 0.717) is 23.6 Å². The molecular formula is C11H14NO3. The minimum absolute atomic E-state index is 0.204. The summed E-state index contributed by atoms with van der Waals surface area (Å²) >= 11 is 0. The zero-order valence-corrected chi connectivity index (χ0v) is 8.87. The molecule has 4 heteroatoms. The Labute approximate surface area is 89.2 Å². The van der Waals surface area contributed by atoms with Crippen LogP contribution in [0.25, 0.3) is 0 Å². The van der Waals surface area contributed by atoms with Gasteiger partial charge in [0, 0.05) is 12.6 Å². The van der Waals surface area contributed by atoms with Crippen LogP contribution in [0.1, 0.15) is 10.4 Å². The van der Waals surface area contributed by atoms with Crippen LogP contribution in [-0.2, 0) is 0 Å². The van der Waals surface area contributed by atoms with Crippen LogP contribution in [0, 0.1) is 6.92 Å². The molecular weight excluding hydrogens is 194 g/mol. The Morgan fingerprint density at radius 2 is 2.13 bits per heavy atom. The van der Waals surface area contributed by atoms with E-state index in [4.69, 9.17) is 9.47 Å². The van der Waals surface area contributed by atoms with E-state index in [1.165, 1.54) is 7.11 Å². The van der Waals surface area contributed by atoms with E-state index in [0.717, 1.165) is 0 Å². The quantitative estimate of drug-likeness (QED) is 0.810. The molecule has 0 aliphatic carbocycles. The molecule has 1 N–H and O–H groups in total. The Morgan fingerprint density at radius 1 is 1.40 bits per heavy atom. The fourth-order valence-corrected chi connectivity index (χ4v) is 1.19. The van der Waals surface area contributed by atoms with Gasteiger partial charge in [-0.2, -0.15) is 0 Å². The molecule has 0 saturated heterocycles. The van der Waals surface area contributed by atoms with Gasteiger partial charge < -0.3 is 14.8 Å². The summed E-state index contributed by atoms with van der Waals surface area (Å²) in [5.41, 5.74) is 0.474. The van der Waals surface area contributed by atoms with Crippen molar-refractivity contribution in [1.82, 2.24) is 5.32 Å². The van der Waals surface area contributed by atoms with Crippen molar-refractivity contribution in [3.05, 3.63) is 30.7 Å². The van der Waals surface area contributed by atoms with E-state index in [-0.39, 0.29) is 5.91 Å². The summed E-state index contributed by atoms with van der Waals surface area (Å²) in [7, 11) is 3.07. The number of carbonyl (C=O) groups excluding carboxylic acids is 1. The first kappa shape index (κ1) is 11.4. The lowest BCUT2D eigenvalue weighted by atomic mass is 10.2. The van der Waals surface area contributed by atoms with Crippen LogP contribution in [0.3, 0.4) is 0 Å². The van der Waals surface area contributed by atoms with Crippen molar-refractivity contribution in [2.75, 3.05) is 20.8 Å². The van der Waals surface area contributed by atoms with E-state index < -0.39 is 0 Å². The molecule has 1 radical (unpaired) electrons. The third-order valence-electron chi connectivity index (χ3n) is 1.94. The molecule has 0 saturated carbocycles. The van der Waals surface area contributed by atoms with Crippen molar-refractivity contribution in [3.8, 4) is 11.5 Å². The molecule has 0 aliphatic heterocycles. The maximum atomic E-state index is 11.6. The first-order valence-corrected chi connectivity index (χ1v) is 4.52. The number of amides is 1. The second kappa shape index (κ2) is 5.24. The Balaban J connectivity index is 3.02. The summed E-state index contributed by atoms with van der Waals surface area (Å²) in [4.78, 5) is 11.6. The van der Waals surface area contributed by atoms with Gasteiger partial charge in [0.15, 0.2) is 0 Å². The van der Waals surface area contributed by atoms with Gasteiger partial charge in [-0.05, 0) is 19.1 Å². The van der Waals surface area contributed by atoms with Crippen LogP contribution in [0.15, 0.2) is 18.2 Å². The van der Waals surface area contributed by atoms with Crippen molar-refractivity contribution in [2.45, 2.75) is 0 Å². The number of methoxy groups -OCH3 is 2. The van der Waals surface area contributed by atoms with E-state index in [1.807, 2.05) is 0 Å². The van der Waals surface area contributed by atoms with Crippen molar-refractivity contribution >= 4 is 5.91 Å². The summed E-state index contributed by atoms with van der Waals surface area (Å²) < 4.78 is 10.1. The van der Waals surface area contributed by atoms with Gasteiger partial charge >= 0.3 is 0 Å². The summed E-state index contributed by atoms with van der Waals surface area (Å²) in [5, 5.41) is 2.60. The standard InChI is InChI=1S/C11H14NO3/c1-4-12-11(13)9-6-5-8(14-2)7-10(9)15-3/h5-7H,1,4H2,2-3H3,(H,12,13). The summed E-state index contributed by atoms with van der Waals surface area (Å²) in [5.74, 6) is 0.933. The van der Waals surface area contributed by atoms with E-state index >= 15 is 0 Å². The van der Waals surface area contributed by atoms with Gasteiger partial charge in [0.25, 0.3) is 5.91 Å². The van der Waals surface area contributed by atoms with Crippen molar-refractivity contribution < 1.29 is 14.3 Å². The number of rotatable bonds is 4. The third-order valence-corrected chi connectivity index (χ3v) is 1.94. The average Bonchev–Trinajstić information content (AvgIpc) is 2.28. The lowest BCUT2D eigenvalue weighted by molar-refractivity contribution is 0.0955. The Bertz CT molecular complexity index is 350. The zero-order valence-electron chi connectivity index (χ0n) is 8.87. The van der Waals surface area contributed by atoms with Gasteiger partial charge in [-0.25, -0.2) is 0 Å². The minimum atomic E-state index is -0.204. The topological polar surface area (TPSA) is 47.6 Å². The van der Waals surface area contributed by atoms with E-state index in [9.17, 15) is 4.79 Å². The molecule has 81 valence electrons. The second-order valence-corrected chi connectivity index (χ2v) is 2.82. The first-order valence-electron chi connectivity index (χ1n) is 4.52. The fourth-order valence-electron chi connectivity index (χ4n) is 1.19. The highest BCUT2D eigenvalue weighted by Crippen LogP contribution is 2.24. The van der Waals surface area contributed by atoms with Crippen LogP contribution in [-0.4, -0.2) is 26.7 Å². The predicted molar refractivity (Wildman–Crippen MR) is 57.2 cm³/mol. The summed E-state index contributed by atoms with van der Waals surface area (Å²) in [6, 6.07) is 5.03. The lowest BCUT2D eigenvalue weighted by Crippen LogP contribution is -2.23. The van der Waals surface area contributed by atoms with Crippen molar-refractivity contribution in [3.63, 3.8) is 0 Å². The normalized spacial score (nSPS) is 9.53. The maximum Gasteiger partial charge on any atom is 0.255 e. The average molecular weight is 208 g/mol. The highest BCUT2D eigenvalue weighted by atomic mass is 16.5. The molecule has 0 aromatic heterocycles. The van der Waals surface area contributed by atoms with Crippen molar-refractivity contribution in [1.29, 1.82) is 0 Å². The molecule has 1 amide bonds. The number of carbonyl (C=O) groups is 1. The number of hydrogen-bond acceptors (Lipinski definition) is 3. The molecule has 1 rings (SSSR count). The van der Waals surface area contributed by atoms with Gasteiger partial charge in [-0.1, -0.05) is 0 Å². The highest BCUT2D eigenvalue weighted by molar-refractivity contribution is 5.97. The monoisotopic (exact) mass is 208 g/mol.